The van der Waals surface area contributed by atoms with Crippen LogP contribution in [0.3, 0.4) is 0 Å². The van der Waals surface area contributed by atoms with Gasteiger partial charge in [-0.05, 0) is 34.8 Å². The van der Waals surface area contributed by atoms with Gasteiger partial charge in [0, 0.05) is 22.4 Å². The minimum Gasteiger partial charge on any atom is -0.337 e. The van der Waals surface area contributed by atoms with Gasteiger partial charge in [-0.3, -0.25) is 4.98 Å². The molecule has 0 saturated heterocycles. The Hall–Kier alpha value is -1.27. The van der Waals surface area contributed by atoms with Crippen molar-refractivity contribution in [3.8, 4) is 11.4 Å². The monoisotopic (exact) mass is 308 g/mol. The minimum absolute atomic E-state index is 0.440. The van der Waals surface area contributed by atoms with E-state index in [0.717, 1.165) is 35.7 Å². The standard InChI is InChI=1S/C12H13BrN4O/c13-9-5-8(6-15-7-9)10-16-11(18-17-10)12(14)3-1-2-4-12/h5-7H,1-4,14H2. The van der Waals surface area contributed by atoms with Crippen LogP contribution in [0.2, 0.25) is 0 Å². The maximum absolute atomic E-state index is 6.28. The summed E-state index contributed by atoms with van der Waals surface area (Å²) in [4.78, 5) is 8.50. The number of halogens is 1. The summed E-state index contributed by atoms with van der Waals surface area (Å²) in [6.45, 7) is 0. The van der Waals surface area contributed by atoms with Gasteiger partial charge in [0.15, 0.2) is 0 Å². The number of aromatic nitrogens is 3. The van der Waals surface area contributed by atoms with E-state index in [1.807, 2.05) is 6.07 Å². The summed E-state index contributed by atoms with van der Waals surface area (Å²) in [5, 5.41) is 3.99. The van der Waals surface area contributed by atoms with E-state index < -0.39 is 5.54 Å². The Morgan fingerprint density at radius 3 is 2.78 bits per heavy atom. The predicted molar refractivity (Wildman–Crippen MR) is 69.6 cm³/mol. The second-order valence-corrected chi connectivity index (χ2v) is 5.59. The number of pyridine rings is 1. The van der Waals surface area contributed by atoms with Crippen molar-refractivity contribution >= 4 is 15.9 Å². The van der Waals surface area contributed by atoms with Gasteiger partial charge in [-0.1, -0.05) is 18.0 Å². The van der Waals surface area contributed by atoms with Gasteiger partial charge in [-0.25, -0.2) is 0 Å². The maximum Gasteiger partial charge on any atom is 0.247 e. The van der Waals surface area contributed by atoms with Crippen LogP contribution in [-0.2, 0) is 5.54 Å². The van der Waals surface area contributed by atoms with Gasteiger partial charge in [0.2, 0.25) is 11.7 Å². The molecule has 0 aromatic carbocycles. The highest BCUT2D eigenvalue weighted by atomic mass is 79.9. The van der Waals surface area contributed by atoms with Gasteiger partial charge in [-0.15, -0.1) is 0 Å². The lowest BCUT2D eigenvalue weighted by atomic mass is 9.99. The fraction of sp³-hybridized carbons (Fsp3) is 0.417. The molecule has 6 heteroatoms. The summed E-state index contributed by atoms with van der Waals surface area (Å²) in [5.74, 6) is 1.07. The summed E-state index contributed by atoms with van der Waals surface area (Å²) in [7, 11) is 0. The van der Waals surface area contributed by atoms with Gasteiger partial charge < -0.3 is 10.3 Å². The number of rotatable bonds is 2. The van der Waals surface area contributed by atoms with Crippen molar-refractivity contribution in [3.63, 3.8) is 0 Å². The zero-order chi connectivity index (χ0) is 12.6. The van der Waals surface area contributed by atoms with Crippen molar-refractivity contribution in [1.82, 2.24) is 15.1 Å². The minimum atomic E-state index is -0.440. The van der Waals surface area contributed by atoms with E-state index >= 15 is 0 Å². The number of hydrogen-bond donors (Lipinski definition) is 1. The predicted octanol–water partition coefficient (Wildman–Crippen LogP) is 2.62. The first-order valence-corrected chi connectivity index (χ1v) is 6.71. The topological polar surface area (TPSA) is 77.8 Å². The van der Waals surface area contributed by atoms with Crippen LogP contribution in [0.15, 0.2) is 27.5 Å². The van der Waals surface area contributed by atoms with E-state index in [-0.39, 0.29) is 0 Å². The summed E-state index contributed by atoms with van der Waals surface area (Å²) >= 11 is 3.37. The molecular formula is C12H13BrN4O. The van der Waals surface area contributed by atoms with Gasteiger partial charge in [0.25, 0.3) is 0 Å². The molecule has 2 aromatic heterocycles. The zero-order valence-electron chi connectivity index (χ0n) is 9.77. The van der Waals surface area contributed by atoms with Crippen molar-refractivity contribution in [3.05, 3.63) is 28.8 Å². The fourth-order valence-electron chi connectivity index (χ4n) is 2.30. The molecule has 3 rings (SSSR count). The Morgan fingerprint density at radius 2 is 2.06 bits per heavy atom. The second-order valence-electron chi connectivity index (χ2n) is 4.68. The van der Waals surface area contributed by atoms with Crippen LogP contribution in [0, 0.1) is 0 Å². The van der Waals surface area contributed by atoms with Crippen LogP contribution in [0.5, 0.6) is 0 Å². The molecule has 1 aliphatic carbocycles. The first-order chi connectivity index (χ1) is 8.67. The Labute approximate surface area is 113 Å². The molecule has 0 spiro atoms. The Morgan fingerprint density at radius 1 is 1.28 bits per heavy atom. The molecule has 0 atom stereocenters. The number of hydrogen-bond acceptors (Lipinski definition) is 5. The van der Waals surface area contributed by atoms with Gasteiger partial charge in [0.1, 0.15) is 0 Å². The van der Waals surface area contributed by atoms with Crippen LogP contribution in [0.1, 0.15) is 31.6 Å². The van der Waals surface area contributed by atoms with Crippen LogP contribution in [0.4, 0.5) is 0 Å². The summed E-state index contributed by atoms with van der Waals surface area (Å²) < 4.78 is 6.20. The molecule has 0 radical (unpaired) electrons. The molecule has 1 aliphatic rings. The van der Waals surface area contributed by atoms with Crippen LogP contribution >= 0.6 is 15.9 Å². The zero-order valence-corrected chi connectivity index (χ0v) is 11.4. The number of nitrogens with zero attached hydrogens (tertiary/aromatic N) is 3. The third-order valence-corrected chi connectivity index (χ3v) is 3.74. The SMILES string of the molecule is NC1(c2nc(-c3cncc(Br)c3)no2)CCCC1. The molecule has 0 unspecified atom stereocenters. The average molecular weight is 309 g/mol. The first-order valence-electron chi connectivity index (χ1n) is 5.91. The molecule has 1 saturated carbocycles. The molecule has 2 N–H and O–H groups in total. The molecular weight excluding hydrogens is 296 g/mol. The Balaban J connectivity index is 1.94. The Kier molecular flexibility index (Phi) is 2.91. The van der Waals surface area contributed by atoms with Crippen LogP contribution < -0.4 is 5.73 Å². The van der Waals surface area contributed by atoms with E-state index in [2.05, 4.69) is 31.1 Å². The normalized spacial score (nSPS) is 18.1. The van der Waals surface area contributed by atoms with Crippen molar-refractivity contribution in [2.45, 2.75) is 31.2 Å². The van der Waals surface area contributed by atoms with E-state index in [9.17, 15) is 0 Å². The third-order valence-electron chi connectivity index (χ3n) is 3.31. The van der Waals surface area contributed by atoms with Gasteiger partial charge >= 0.3 is 0 Å². The average Bonchev–Trinajstić information content (AvgIpc) is 2.98. The highest BCUT2D eigenvalue weighted by molar-refractivity contribution is 9.10. The molecule has 5 nitrogen and oxygen atoms in total. The van der Waals surface area contributed by atoms with Crippen LogP contribution in [0.25, 0.3) is 11.4 Å². The molecule has 2 aromatic rings. The first kappa shape index (κ1) is 11.8. The highest BCUT2D eigenvalue weighted by Gasteiger charge is 2.36. The fourth-order valence-corrected chi connectivity index (χ4v) is 2.66. The lowest BCUT2D eigenvalue weighted by Gasteiger charge is -2.17. The quantitative estimate of drug-likeness (QED) is 0.922. The summed E-state index contributed by atoms with van der Waals surface area (Å²) in [5.41, 5.74) is 6.66. The van der Waals surface area contributed by atoms with E-state index in [0.29, 0.717) is 11.7 Å². The van der Waals surface area contributed by atoms with E-state index in [1.54, 1.807) is 12.4 Å². The maximum atomic E-state index is 6.28. The second kappa shape index (κ2) is 4.44. The molecule has 2 heterocycles. The molecule has 0 aliphatic heterocycles. The lowest BCUT2D eigenvalue weighted by Crippen LogP contribution is -2.33. The largest absolute Gasteiger partial charge is 0.337 e. The van der Waals surface area contributed by atoms with Crippen molar-refractivity contribution in [2.24, 2.45) is 5.73 Å². The van der Waals surface area contributed by atoms with E-state index in [1.165, 1.54) is 0 Å². The molecule has 0 bridgehead atoms. The highest BCUT2D eigenvalue weighted by Crippen LogP contribution is 2.36. The molecule has 0 amide bonds. The summed E-state index contributed by atoms with van der Waals surface area (Å²) in [6.07, 6.45) is 7.47. The molecule has 18 heavy (non-hydrogen) atoms. The smallest absolute Gasteiger partial charge is 0.247 e. The Bertz CT molecular complexity index is 563. The summed E-state index contributed by atoms with van der Waals surface area (Å²) in [6, 6.07) is 1.90. The van der Waals surface area contributed by atoms with Crippen LogP contribution in [-0.4, -0.2) is 15.1 Å². The van der Waals surface area contributed by atoms with Crippen molar-refractivity contribution in [2.75, 3.05) is 0 Å². The molecule has 94 valence electrons. The lowest BCUT2D eigenvalue weighted by molar-refractivity contribution is 0.285. The van der Waals surface area contributed by atoms with Crippen molar-refractivity contribution < 1.29 is 4.52 Å². The number of nitrogens with two attached hydrogens (primary N) is 1. The van der Waals surface area contributed by atoms with Gasteiger partial charge in [-0.2, -0.15) is 4.98 Å². The van der Waals surface area contributed by atoms with Gasteiger partial charge in [0.05, 0.1) is 5.54 Å². The third kappa shape index (κ3) is 2.06. The van der Waals surface area contributed by atoms with Crippen molar-refractivity contribution in [1.29, 1.82) is 0 Å². The molecule has 1 fully saturated rings. The van der Waals surface area contributed by atoms with E-state index in [4.69, 9.17) is 10.3 Å².